The molecule has 3 aromatic rings. The van der Waals surface area contributed by atoms with E-state index in [1.807, 2.05) is 6.07 Å². The number of rotatable bonds is 5. The SMILES string of the molecule is O=C(NCc1cccnc1)c1cc(Nc2ccccc2C(F)(F)F)ccn1. The summed E-state index contributed by atoms with van der Waals surface area (Å²) in [6.07, 6.45) is 0.124. The van der Waals surface area contributed by atoms with Gasteiger partial charge in [-0.25, -0.2) is 0 Å². The predicted octanol–water partition coefficient (Wildman–Crippen LogP) is 4.17. The number of carbonyl (C=O) groups is 1. The summed E-state index contributed by atoms with van der Waals surface area (Å²) >= 11 is 0. The normalized spacial score (nSPS) is 11.1. The molecule has 2 N–H and O–H groups in total. The Bertz CT molecular complexity index is 929. The van der Waals surface area contributed by atoms with Crippen molar-refractivity contribution in [3.05, 3.63) is 83.9 Å². The fourth-order valence-corrected chi connectivity index (χ4v) is 2.40. The molecule has 0 fully saturated rings. The lowest BCUT2D eigenvalue weighted by molar-refractivity contribution is -0.136. The Morgan fingerprint density at radius 2 is 1.85 bits per heavy atom. The summed E-state index contributed by atoms with van der Waals surface area (Å²) in [5, 5.41) is 5.39. The fourth-order valence-electron chi connectivity index (χ4n) is 2.40. The van der Waals surface area contributed by atoms with Crippen molar-refractivity contribution in [1.29, 1.82) is 0 Å². The summed E-state index contributed by atoms with van der Waals surface area (Å²) in [4.78, 5) is 20.2. The van der Waals surface area contributed by atoms with Gasteiger partial charge in [-0.05, 0) is 35.9 Å². The smallest absolute Gasteiger partial charge is 0.355 e. The van der Waals surface area contributed by atoms with E-state index in [-0.39, 0.29) is 17.9 Å². The Morgan fingerprint density at radius 3 is 2.59 bits per heavy atom. The van der Waals surface area contributed by atoms with E-state index >= 15 is 0 Å². The molecule has 2 heterocycles. The van der Waals surface area contributed by atoms with Crippen molar-refractivity contribution in [2.75, 3.05) is 5.32 Å². The van der Waals surface area contributed by atoms with Crippen LogP contribution in [0.3, 0.4) is 0 Å². The van der Waals surface area contributed by atoms with Crippen LogP contribution in [-0.2, 0) is 12.7 Å². The van der Waals surface area contributed by atoms with Gasteiger partial charge in [-0.3, -0.25) is 14.8 Å². The number of hydrogen-bond acceptors (Lipinski definition) is 4. The second-order valence-electron chi connectivity index (χ2n) is 5.64. The molecule has 0 atom stereocenters. The molecule has 0 saturated heterocycles. The van der Waals surface area contributed by atoms with Gasteiger partial charge in [0.25, 0.3) is 5.91 Å². The Kier molecular flexibility index (Phi) is 5.35. The highest BCUT2D eigenvalue weighted by Crippen LogP contribution is 2.35. The number of anilines is 2. The van der Waals surface area contributed by atoms with Gasteiger partial charge in [0.2, 0.25) is 0 Å². The van der Waals surface area contributed by atoms with Gasteiger partial charge in [0, 0.05) is 30.8 Å². The van der Waals surface area contributed by atoms with E-state index in [1.54, 1.807) is 18.5 Å². The molecule has 0 aliphatic rings. The lowest BCUT2D eigenvalue weighted by atomic mass is 10.1. The first kappa shape index (κ1) is 18.4. The van der Waals surface area contributed by atoms with Crippen molar-refractivity contribution in [3.63, 3.8) is 0 Å². The number of alkyl halides is 3. The lowest BCUT2D eigenvalue weighted by Crippen LogP contribution is -2.23. The Hall–Kier alpha value is -3.42. The van der Waals surface area contributed by atoms with Gasteiger partial charge in [-0.1, -0.05) is 18.2 Å². The molecule has 0 spiro atoms. The van der Waals surface area contributed by atoms with Gasteiger partial charge in [0.1, 0.15) is 5.69 Å². The van der Waals surface area contributed by atoms with Crippen LogP contribution in [0.1, 0.15) is 21.6 Å². The maximum Gasteiger partial charge on any atom is 0.418 e. The summed E-state index contributed by atoms with van der Waals surface area (Å²) in [6.45, 7) is 0.267. The van der Waals surface area contributed by atoms with Crippen molar-refractivity contribution in [2.24, 2.45) is 0 Å². The maximum absolute atomic E-state index is 13.1. The molecule has 2 aromatic heterocycles. The van der Waals surface area contributed by atoms with Crippen LogP contribution in [0, 0.1) is 0 Å². The standard InChI is InChI=1S/C19H15F3N4O/c20-19(21,22)15-5-1-2-6-16(15)26-14-7-9-24-17(10-14)18(27)25-12-13-4-3-8-23-11-13/h1-11H,12H2,(H,24,26)(H,25,27). The summed E-state index contributed by atoms with van der Waals surface area (Å²) in [7, 11) is 0. The molecule has 0 unspecified atom stereocenters. The number of pyridine rings is 2. The Balaban J connectivity index is 1.74. The van der Waals surface area contributed by atoms with Crippen LogP contribution in [0.25, 0.3) is 0 Å². The monoisotopic (exact) mass is 372 g/mol. The van der Waals surface area contributed by atoms with Crippen LogP contribution < -0.4 is 10.6 Å². The summed E-state index contributed by atoms with van der Waals surface area (Å²) in [5.41, 5.74) is 0.350. The zero-order valence-electron chi connectivity index (χ0n) is 14.0. The predicted molar refractivity (Wildman–Crippen MR) is 94.4 cm³/mol. The molecule has 1 amide bonds. The number of benzene rings is 1. The highest BCUT2D eigenvalue weighted by atomic mass is 19.4. The molecule has 0 aliphatic carbocycles. The third-order valence-electron chi connectivity index (χ3n) is 3.68. The minimum atomic E-state index is -4.49. The van der Waals surface area contributed by atoms with E-state index in [4.69, 9.17) is 0 Å². The lowest BCUT2D eigenvalue weighted by Gasteiger charge is -2.14. The molecule has 0 radical (unpaired) electrons. The van der Waals surface area contributed by atoms with Gasteiger partial charge in [-0.2, -0.15) is 13.2 Å². The van der Waals surface area contributed by atoms with Crippen LogP contribution in [0.2, 0.25) is 0 Å². The largest absolute Gasteiger partial charge is 0.418 e. The van der Waals surface area contributed by atoms with Crippen molar-refractivity contribution in [1.82, 2.24) is 15.3 Å². The van der Waals surface area contributed by atoms with Crippen LogP contribution in [0.15, 0.2) is 67.1 Å². The van der Waals surface area contributed by atoms with Gasteiger partial charge in [-0.15, -0.1) is 0 Å². The van der Waals surface area contributed by atoms with E-state index in [0.29, 0.717) is 5.69 Å². The van der Waals surface area contributed by atoms with Gasteiger partial charge in [0.15, 0.2) is 0 Å². The number of nitrogens with one attached hydrogen (secondary N) is 2. The number of hydrogen-bond donors (Lipinski definition) is 2. The minimum Gasteiger partial charge on any atom is -0.355 e. The number of amides is 1. The Labute approximate surface area is 153 Å². The van der Waals surface area contributed by atoms with Gasteiger partial charge < -0.3 is 10.6 Å². The summed E-state index contributed by atoms with van der Waals surface area (Å²) in [5.74, 6) is -0.438. The minimum absolute atomic E-state index is 0.0911. The van der Waals surface area contributed by atoms with Crippen LogP contribution >= 0.6 is 0 Å². The zero-order valence-corrected chi connectivity index (χ0v) is 14.0. The highest BCUT2D eigenvalue weighted by molar-refractivity contribution is 5.93. The zero-order chi connectivity index (χ0) is 19.3. The molecule has 0 saturated carbocycles. The van der Waals surface area contributed by atoms with E-state index in [1.165, 1.54) is 36.5 Å². The van der Waals surface area contributed by atoms with Crippen molar-refractivity contribution in [2.45, 2.75) is 12.7 Å². The summed E-state index contributed by atoms with van der Waals surface area (Å²) < 4.78 is 39.3. The number of aromatic nitrogens is 2. The van der Waals surface area contributed by atoms with Gasteiger partial charge in [0.05, 0.1) is 11.3 Å². The molecule has 0 aliphatic heterocycles. The fraction of sp³-hybridized carbons (Fsp3) is 0.105. The molecular formula is C19H15F3N4O. The van der Waals surface area contributed by atoms with E-state index in [2.05, 4.69) is 20.6 Å². The topological polar surface area (TPSA) is 66.9 Å². The molecule has 1 aromatic carbocycles. The second kappa shape index (κ2) is 7.86. The van der Waals surface area contributed by atoms with Crippen LogP contribution in [0.5, 0.6) is 0 Å². The average Bonchev–Trinajstić information content (AvgIpc) is 2.67. The third kappa shape index (κ3) is 4.81. The van der Waals surface area contributed by atoms with E-state index in [9.17, 15) is 18.0 Å². The average molecular weight is 372 g/mol. The second-order valence-corrected chi connectivity index (χ2v) is 5.64. The van der Waals surface area contributed by atoms with Crippen LogP contribution in [0.4, 0.5) is 24.5 Å². The maximum atomic E-state index is 13.1. The molecule has 8 heteroatoms. The highest BCUT2D eigenvalue weighted by Gasteiger charge is 2.33. The molecule has 3 rings (SSSR count). The van der Waals surface area contributed by atoms with Crippen molar-refractivity contribution in [3.8, 4) is 0 Å². The number of nitrogens with zero attached hydrogens (tertiary/aromatic N) is 2. The molecular weight excluding hydrogens is 357 g/mol. The van der Waals surface area contributed by atoms with Gasteiger partial charge >= 0.3 is 6.18 Å². The van der Waals surface area contributed by atoms with Crippen molar-refractivity contribution >= 4 is 17.3 Å². The van der Waals surface area contributed by atoms with E-state index < -0.39 is 17.6 Å². The third-order valence-corrected chi connectivity index (χ3v) is 3.68. The van der Waals surface area contributed by atoms with Crippen molar-refractivity contribution < 1.29 is 18.0 Å². The first-order valence-corrected chi connectivity index (χ1v) is 8.00. The molecule has 27 heavy (non-hydrogen) atoms. The van der Waals surface area contributed by atoms with Crippen LogP contribution in [-0.4, -0.2) is 15.9 Å². The molecule has 138 valence electrons. The first-order valence-electron chi connectivity index (χ1n) is 8.00. The number of carbonyl (C=O) groups excluding carboxylic acids is 1. The molecule has 5 nitrogen and oxygen atoms in total. The van der Waals surface area contributed by atoms with E-state index in [0.717, 1.165) is 11.6 Å². The molecule has 0 bridgehead atoms. The quantitative estimate of drug-likeness (QED) is 0.706. The number of para-hydroxylation sites is 1. The number of halogens is 3. The first-order chi connectivity index (χ1) is 12.9. The Morgan fingerprint density at radius 1 is 1.04 bits per heavy atom. The summed E-state index contributed by atoms with van der Waals surface area (Å²) in [6, 6.07) is 11.6.